The SMILES string of the molecule is CC(C)(C)c1ccc(-n2c(-c3ccccc3O)nc3c(-c4[c-]c(-c5cc(-c6ccccc6)ccn5)cc(-c5ccccc5)c4)cccc32)c(-c2ccccc2)c1.[Pt]. The van der Waals surface area contributed by atoms with Crippen LogP contribution in [0.3, 0.4) is 0 Å². The molecule has 2 heterocycles. The Morgan fingerprint density at radius 2 is 1.14 bits per heavy atom. The van der Waals surface area contributed by atoms with Gasteiger partial charge in [-0.25, -0.2) is 4.98 Å². The Kier molecular flexibility index (Phi) is 10.3. The van der Waals surface area contributed by atoms with Crippen molar-refractivity contribution in [3.8, 4) is 78.6 Å². The minimum absolute atomic E-state index is 0. The van der Waals surface area contributed by atoms with Crippen molar-refractivity contribution < 1.29 is 26.2 Å². The largest absolute Gasteiger partial charge is 0.507 e. The molecule has 0 aliphatic heterocycles. The van der Waals surface area contributed by atoms with Gasteiger partial charge in [-0.2, -0.15) is 0 Å². The number of imidazole rings is 1. The number of hydrogen-bond acceptors (Lipinski definition) is 3. The van der Waals surface area contributed by atoms with E-state index in [2.05, 4.69) is 159 Å². The summed E-state index contributed by atoms with van der Waals surface area (Å²) in [5, 5.41) is 11.3. The molecule has 280 valence electrons. The summed E-state index contributed by atoms with van der Waals surface area (Å²) in [4.78, 5) is 10.3. The summed E-state index contributed by atoms with van der Waals surface area (Å²) in [6.45, 7) is 6.72. The Balaban J connectivity index is 0.00000455. The molecule has 0 aliphatic carbocycles. The zero-order valence-corrected chi connectivity index (χ0v) is 34.2. The third-order valence-corrected chi connectivity index (χ3v) is 10.4. The molecule has 57 heavy (non-hydrogen) atoms. The molecular weight excluding hydrogens is 878 g/mol. The van der Waals surface area contributed by atoms with Gasteiger partial charge in [0.25, 0.3) is 0 Å². The van der Waals surface area contributed by atoms with Crippen molar-refractivity contribution in [2.75, 3.05) is 0 Å². The monoisotopic (exact) mass is 917 g/mol. The first-order chi connectivity index (χ1) is 27.3. The van der Waals surface area contributed by atoms with E-state index in [1.807, 2.05) is 48.7 Å². The maximum absolute atomic E-state index is 11.3. The number of phenolic OH excluding ortho intramolecular Hbond substituents is 1. The number of pyridine rings is 1. The minimum Gasteiger partial charge on any atom is -0.507 e. The van der Waals surface area contributed by atoms with Crippen molar-refractivity contribution in [1.82, 2.24) is 14.5 Å². The van der Waals surface area contributed by atoms with Gasteiger partial charge in [-0.3, -0.25) is 9.55 Å². The van der Waals surface area contributed by atoms with Gasteiger partial charge in [0, 0.05) is 38.5 Å². The van der Waals surface area contributed by atoms with Gasteiger partial charge in [0.05, 0.1) is 22.3 Å². The van der Waals surface area contributed by atoms with E-state index in [4.69, 9.17) is 9.97 Å². The topological polar surface area (TPSA) is 50.9 Å². The van der Waals surface area contributed by atoms with Gasteiger partial charge < -0.3 is 5.11 Å². The van der Waals surface area contributed by atoms with E-state index in [0.717, 1.165) is 72.5 Å². The third-order valence-electron chi connectivity index (χ3n) is 10.4. The van der Waals surface area contributed by atoms with E-state index >= 15 is 0 Å². The molecule has 0 fully saturated rings. The van der Waals surface area contributed by atoms with Crippen molar-refractivity contribution in [2.24, 2.45) is 0 Å². The van der Waals surface area contributed by atoms with E-state index in [-0.39, 0.29) is 32.2 Å². The molecule has 7 aromatic carbocycles. The van der Waals surface area contributed by atoms with E-state index < -0.39 is 0 Å². The molecule has 0 spiro atoms. The summed E-state index contributed by atoms with van der Waals surface area (Å²) in [6.07, 6.45) is 1.87. The molecule has 0 saturated heterocycles. The fourth-order valence-electron chi connectivity index (χ4n) is 7.49. The molecule has 0 unspecified atom stereocenters. The molecule has 0 atom stereocenters. The first-order valence-electron chi connectivity index (χ1n) is 19.0. The number of phenols is 1. The summed E-state index contributed by atoms with van der Waals surface area (Å²) in [5.74, 6) is 0.824. The van der Waals surface area contributed by atoms with Crippen LogP contribution in [0.15, 0.2) is 182 Å². The fraction of sp³-hybridized carbons (Fsp3) is 0.0769. The maximum atomic E-state index is 11.3. The number of hydrogen-bond donors (Lipinski definition) is 1. The molecule has 0 radical (unpaired) electrons. The normalized spacial score (nSPS) is 11.4. The molecule has 0 aliphatic rings. The Labute approximate surface area is 348 Å². The van der Waals surface area contributed by atoms with Crippen LogP contribution in [0.25, 0.3) is 83.9 Å². The van der Waals surface area contributed by atoms with Crippen molar-refractivity contribution in [1.29, 1.82) is 0 Å². The molecule has 4 nitrogen and oxygen atoms in total. The molecule has 9 aromatic rings. The number of fused-ring (bicyclic) bond motifs is 1. The quantitative estimate of drug-likeness (QED) is 0.162. The maximum Gasteiger partial charge on any atom is 0.148 e. The average Bonchev–Trinajstić information content (AvgIpc) is 3.63. The summed E-state index contributed by atoms with van der Waals surface area (Å²) in [7, 11) is 0. The second-order valence-electron chi connectivity index (χ2n) is 15.2. The Bertz CT molecular complexity index is 2840. The molecule has 9 rings (SSSR count). The molecular formula is C52H40N3OPt-. The zero-order chi connectivity index (χ0) is 38.2. The molecule has 2 aromatic heterocycles. The van der Waals surface area contributed by atoms with Gasteiger partial charge >= 0.3 is 0 Å². The third kappa shape index (κ3) is 7.37. The first-order valence-corrected chi connectivity index (χ1v) is 19.0. The van der Waals surface area contributed by atoms with Crippen molar-refractivity contribution in [3.63, 3.8) is 0 Å². The molecule has 0 bridgehead atoms. The summed E-state index contributed by atoms with van der Waals surface area (Å²) < 4.78 is 2.20. The molecule has 1 N–H and O–H groups in total. The van der Waals surface area contributed by atoms with E-state index in [0.29, 0.717) is 11.4 Å². The van der Waals surface area contributed by atoms with Crippen LogP contribution in [0, 0.1) is 6.07 Å². The Morgan fingerprint density at radius 1 is 0.526 bits per heavy atom. The second kappa shape index (κ2) is 15.7. The van der Waals surface area contributed by atoms with Gasteiger partial charge in [0.15, 0.2) is 0 Å². The van der Waals surface area contributed by atoms with Crippen LogP contribution in [0.1, 0.15) is 26.3 Å². The van der Waals surface area contributed by atoms with Crippen molar-refractivity contribution >= 4 is 11.0 Å². The first kappa shape index (κ1) is 37.6. The van der Waals surface area contributed by atoms with Gasteiger partial charge in [0.2, 0.25) is 0 Å². The van der Waals surface area contributed by atoms with Gasteiger partial charge in [-0.1, -0.05) is 165 Å². The Hall–Kier alpha value is -6.35. The van der Waals surface area contributed by atoms with Crippen molar-refractivity contribution in [2.45, 2.75) is 26.2 Å². The number of para-hydroxylation sites is 2. The van der Waals surface area contributed by atoms with E-state index in [9.17, 15) is 5.11 Å². The van der Waals surface area contributed by atoms with Crippen LogP contribution >= 0.6 is 0 Å². The standard InChI is InChI=1S/C52H40N3O.Pt/c1-52(2,3)42-26-27-47(45(34-42)37-20-11-6-12-21-37)55-48-24-15-23-43(50(48)54-51(55)44-22-13-14-25-49(44)56)40-30-39(36-18-9-5-10-19-36)31-41(32-40)46-33-38(28-29-53-46)35-16-7-4-8-17-35;/h4-31,33-34,56H,1-3H3;/q-1;. The predicted molar refractivity (Wildman–Crippen MR) is 231 cm³/mol. The van der Waals surface area contributed by atoms with Crippen LogP contribution in [-0.2, 0) is 26.5 Å². The summed E-state index contributed by atoms with van der Waals surface area (Å²) in [6, 6.07) is 64.2. The molecule has 0 amide bonds. The zero-order valence-electron chi connectivity index (χ0n) is 31.9. The van der Waals surface area contributed by atoms with E-state index in [1.165, 1.54) is 5.56 Å². The molecule has 5 heteroatoms. The van der Waals surface area contributed by atoms with Crippen LogP contribution in [0.5, 0.6) is 5.75 Å². The second-order valence-corrected chi connectivity index (χ2v) is 15.2. The van der Waals surface area contributed by atoms with Crippen LogP contribution in [-0.4, -0.2) is 19.6 Å². The predicted octanol–water partition coefficient (Wildman–Crippen LogP) is 13.2. The van der Waals surface area contributed by atoms with E-state index in [1.54, 1.807) is 6.07 Å². The number of nitrogens with zero attached hydrogens (tertiary/aromatic N) is 3. The number of benzene rings is 7. The minimum atomic E-state index is -0.0560. The van der Waals surface area contributed by atoms with Gasteiger partial charge in [-0.05, 0) is 69.6 Å². The van der Waals surface area contributed by atoms with Crippen molar-refractivity contribution in [3.05, 3.63) is 194 Å². The van der Waals surface area contributed by atoms with Crippen LogP contribution in [0.4, 0.5) is 0 Å². The Morgan fingerprint density at radius 3 is 1.82 bits per heavy atom. The summed E-state index contributed by atoms with van der Waals surface area (Å²) in [5.41, 5.74) is 14.7. The number of aromatic nitrogens is 3. The van der Waals surface area contributed by atoms with Gasteiger partial charge in [0.1, 0.15) is 11.6 Å². The smallest absolute Gasteiger partial charge is 0.148 e. The fourth-order valence-corrected chi connectivity index (χ4v) is 7.49. The summed E-state index contributed by atoms with van der Waals surface area (Å²) >= 11 is 0. The number of rotatable bonds is 7. The molecule has 0 saturated carbocycles. The van der Waals surface area contributed by atoms with Gasteiger partial charge in [-0.15, -0.1) is 23.8 Å². The number of aromatic hydroxyl groups is 1. The van der Waals surface area contributed by atoms with Crippen LogP contribution < -0.4 is 0 Å². The average molecular weight is 918 g/mol. The van der Waals surface area contributed by atoms with Crippen LogP contribution in [0.2, 0.25) is 0 Å².